The maximum Gasteiger partial charge on any atom is 0.335 e. The lowest BCUT2D eigenvalue weighted by Gasteiger charge is -2.09. The Hall–Kier alpha value is -2.14. The quantitative estimate of drug-likeness (QED) is 0.336. The molecule has 0 aromatic heterocycles. The highest BCUT2D eigenvalue weighted by Gasteiger charge is 2.21. The molecular formula is C24H38O5. The number of aliphatic hydroxyl groups excluding tert-OH is 1. The molecule has 0 fully saturated rings. The van der Waals surface area contributed by atoms with E-state index in [9.17, 15) is 14.7 Å². The van der Waals surface area contributed by atoms with Crippen LogP contribution in [-0.4, -0.2) is 36.4 Å². The minimum Gasteiger partial charge on any atom is -0.461 e. The fourth-order valence-electron chi connectivity index (χ4n) is 2.32. The lowest BCUT2D eigenvalue weighted by atomic mass is 10.1. The van der Waals surface area contributed by atoms with Crippen LogP contribution < -0.4 is 0 Å². The molecule has 164 valence electrons. The lowest BCUT2D eigenvalue weighted by Crippen LogP contribution is -2.27. The molecule has 0 aromatic rings. The standard InChI is InChI=1S/C24H38O5/c1-18(2)9-7-11-20(5)13-15-28-23(26)17-22(25)24(27)29-16-14-21(6)12-8-10-19(3)4/h9-10,13-14,22,25H,7-8,11-12,15-17H2,1-6H3/b20-13+,21-14+. The van der Waals surface area contributed by atoms with Crippen molar-refractivity contribution in [3.8, 4) is 0 Å². The number of carbonyl (C=O) groups is 2. The third-order valence-electron chi connectivity index (χ3n) is 4.15. The first-order valence-electron chi connectivity index (χ1n) is 10.2. The molecule has 1 atom stereocenters. The van der Waals surface area contributed by atoms with Gasteiger partial charge in [0.25, 0.3) is 0 Å². The molecule has 0 aliphatic heterocycles. The molecule has 0 radical (unpaired) electrons. The molecule has 0 aliphatic rings. The predicted molar refractivity (Wildman–Crippen MR) is 117 cm³/mol. The highest BCUT2D eigenvalue weighted by molar-refractivity contribution is 5.81. The Morgan fingerprint density at radius 3 is 1.66 bits per heavy atom. The van der Waals surface area contributed by atoms with E-state index < -0.39 is 24.5 Å². The summed E-state index contributed by atoms with van der Waals surface area (Å²) in [7, 11) is 0. The van der Waals surface area contributed by atoms with Crippen molar-refractivity contribution in [2.45, 2.75) is 79.8 Å². The molecule has 0 heterocycles. The van der Waals surface area contributed by atoms with Gasteiger partial charge in [-0.05, 0) is 79.4 Å². The van der Waals surface area contributed by atoms with Crippen LogP contribution in [0, 0.1) is 0 Å². The summed E-state index contributed by atoms with van der Waals surface area (Å²) in [5.41, 5.74) is 4.78. The first-order chi connectivity index (χ1) is 13.6. The van der Waals surface area contributed by atoms with Crippen LogP contribution in [0.2, 0.25) is 0 Å². The molecule has 0 aliphatic carbocycles. The third-order valence-corrected chi connectivity index (χ3v) is 4.15. The Morgan fingerprint density at radius 1 is 0.759 bits per heavy atom. The summed E-state index contributed by atoms with van der Waals surface area (Å²) < 4.78 is 10.1. The average molecular weight is 407 g/mol. The number of rotatable bonds is 13. The molecule has 29 heavy (non-hydrogen) atoms. The van der Waals surface area contributed by atoms with Crippen molar-refractivity contribution in [3.05, 3.63) is 46.6 Å². The molecule has 0 bridgehead atoms. The fraction of sp³-hybridized carbons (Fsp3) is 0.583. The molecular weight excluding hydrogens is 368 g/mol. The number of ether oxygens (including phenoxy) is 2. The van der Waals surface area contributed by atoms with E-state index in [1.165, 1.54) is 11.1 Å². The molecule has 0 amide bonds. The van der Waals surface area contributed by atoms with Crippen LogP contribution in [0.3, 0.4) is 0 Å². The van der Waals surface area contributed by atoms with Gasteiger partial charge in [0.2, 0.25) is 0 Å². The minimum atomic E-state index is -1.51. The number of hydrogen-bond acceptors (Lipinski definition) is 5. The maximum absolute atomic E-state index is 11.8. The van der Waals surface area contributed by atoms with Gasteiger partial charge in [-0.3, -0.25) is 4.79 Å². The van der Waals surface area contributed by atoms with E-state index in [4.69, 9.17) is 9.47 Å². The van der Waals surface area contributed by atoms with Crippen molar-refractivity contribution >= 4 is 11.9 Å². The number of carbonyl (C=O) groups excluding carboxylic acids is 2. The van der Waals surface area contributed by atoms with Gasteiger partial charge in [0.05, 0.1) is 6.42 Å². The summed E-state index contributed by atoms with van der Waals surface area (Å²) in [6.07, 6.45) is 9.72. The number of allylic oxidation sites excluding steroid dienone is 6. The van der Waals surface area contributed by atoms with Crippen LogP contribution in [-0.2, 0) is 19.1 Å². The van der Waals surface area contributed by atoms with Crippen LogP contribution >= 0.6 is 0 Å². The highest BCUT2D eigenvalue weighted by Crippen LogP contribution is 2.08. The summed E-state index contributed by atoms with van der Waals surface area (Å²) >= 11 is 0. The van der Waals surface area contributed by atoms with Crippen molar-refractivity contribution in [2.75, 3.05) is 13.2 Å². The van der Waals surface area contributed by atoms with Crippen LogP contribution in [0.25, 0.3) is 0 Å². The average Bonchev–Trinajstić information content (AvgIpc) is 2.60. The second-order valence-corrected chi connectivity index (χ2v) is 7.77. The van der Waals surface area contributed by atoms with E-state index in [0.29, 0.717) is 0 Å². The molecule has 0 aromatic carbocycles. The smallest absolute Gasteiger partial charge is 0.335 e. The molecule has 0 spiro atoms. The topological polar surface area (TPSA) is 72.8 Å². The molecule has 1 N–H and O–H groups in total. The predicted octanol–water partition coefficient (Wildman–Crippen LogP) is 5.21. The van der Waals surface area contributed by atoms with E-state index in [1.54, 1.807) is 0 Å². The Bertz CT molecular complexity index is 630. The zero-order valence-corrected chi connectivity index (χ0v) is 18.9. The van der Waals surface area contributed by atoms with E-state index in [0.717, 1.165) is 36.8 Å². The maximum atomic E-state index is 11.8. The summed E-state index contributed by atoms with van der Waals surface area (Å²) in [5.74, 6) is -1.44. The second kappa shape index (κ2) is 15.7. The summed E-state index contributed by atoms with van der Waals surface area (Å²) in [6, 6.07) is 0. The summed E-state index contributed by atoms with van der Waals surface area (Å²) in [5, 5.41) is 9.81. The molecule has 5 heteroatoms. The number of hydrogen-bond donors (Lipinski definition) is 1. The molecule has 0 saturated carbocycles. The molecule has 0 saturated heterocycles. The van der Waals surface area contributed by atoms with Gasteiger partial charge in [0.15, 0.2) is 6.10 Å². The van der Waals surface area contributed by atoms with Gasteiger partial charge in [0.1, 0.15) is 13.2 Å². The van der Waals surface area contributed by atoms with Gasteiger partial charge in [-0.1, -0.05) is 34.4 Å². The van der Waals surface area contributed by atoms with Gasteiger partial charge >= 0.3 is 11.9 Å². The van der Waals surface area contributed by atoms with Crippen LogP contribution in [0.5, 0.6) is 0 Å². The Kier molecular flexibility index (Phi) is 14.6. The van der Waals surface area contributed by atoms with Gasteiger partial charge in [-0.2, -0.15) is 0 Å². The van der Waals surface area contributed by atoms with E-state index in [2.05, 4.69) is 39.8 Å². The summed E-state index contributed by atoms with van der Waals surface area (Å²) in [4.78, 5) is 23.5. The normalized spacial score (nSPS) is 12.8. The Labute approximate surface area is 176 Å². The van der Waals surface area contributed by atoms with E-state index >= 15 is 0 Å². The van der Waals surface area contributed by atoms with Crippen LogP contribution in [0.1, 0.15) is 73.6 Å². The number of aliphatic hydroxyl groups is 1. The van der Waals surface area contributed by atoms with Gasteiger partial charge in [-0.15, -0.1) is 0 Å². The van der Waals surface area contributed by atoms with Gasteiger partial charge < -0.3 is 14.6 Å². The monoisotopic (exact) mass is 406 g/mol. The number of esters is 2. The van der Waals surface area contributed by atoms with E-state index in [-0.39, 0.29) is 13.2 Å². The minimum absolute atomic E-state index is 0.0825. The second-order valence-electron chi connectivity index (χ2n) is 7.77. The lowest BCUT2D eigenvalue weighted by molar-refractivity contribution is -0.158. The molecule has 1 unspecified atom stereocenters. The highest BCUT2D eigenvalue weighted by atomic mass is 16.6. The van der Waals surface area contributed by atoms with E-state index in [1.807, 2.05) is 26.0 Å². The van der Waals surface area contributed by atoms with Gasteiger partial charge in [-0.25, -0.2) is 4.79 Å². The molecule has 5 nitrogen and oxygen atoms in total. The van der Waals surface area contributed by atoms with Crippen LogP contribution in [0.4, 0.5) is 0 Å². The van der Waals surface area contributed by atoms with Crippen molar-refractivity contribution in [2.24, 2.45) is 0 Å². The van der Waals surface area contributed by atoms with Crippen LogP contribution in [0.15, 0.2) is 46.6 Å². The molecule has 0 rings (SSSR count). The zero-order valence-electron chi connectivity index (χ0n) is 18.9. The largest absolute Gasteiger partial charge is 0.461 e. The van der Waals surface area contributed by atoms with Crippen molar-refractivity contribution < 1.29 is 24.2 Å². The zero-order chi connectivity index (χ0) is 22.2. The summed E-state index contributed by atoms with van der Waals surface area (Å²) in [6.45, 7) is 12.4. The fourth-order valence-corrected chi connectivity index (χ4v) is 2.32. The van der Waals surface area contributed by atoms with Gasteiger partial charge in [0, 0.05) is 0 Å². The first kappa shape index (κ1) is 26.9. The Balaban J connectivity index is 4.13. The van der Waals surface area contributed by atoms with Crippen molar-refractivity contribution in [1.82, 2.24) is 0 Å². The Morgan fingerprint density at radius 2 is 1.21 bits per heavy atom. The SMILES string of the molecule is CC(C)=CCC/C(C)=C/COC(=O)CC(O)C(=O)OC/C=C(\C)CCC=C(C)C. The van der Waals surface area contributed by atoms with Crippen molar-refractivity contribution in [3.63, 3.8) is 0 Å². The van der Waals surface area contributed by atoms with Crippen molar-refractivity contribution in [1.29, 1.82) is 0 Å². The first-order valence-corrected chi connectivity index (χ1v) is 10.2. The third kappa shape index (κ3) is 16.5.